The van der Waals surface area contributed by atoms with E-state index in [-0.39, 0.29) is 24.4 Å². The third-order valence-corrected chi connectivity index (χ3v) is 3.41. The molecule has 0 aliphatic rings. The highest BCUT2D eigenvalue weighted by Crippen LogP contribution is 2.15. The van der Waals surface area contributed by atoms with E-state index in [9.17, 15) is 14.0 Å². The molecule has 25 heavy (non-hydrogen) atoms. The second-order valence-corrected chi connectivity index (χ2v) is 5.55. The van der Waals surface area contributed by atoms with Crippen LogP contribution >= 0.6 is 0 Å². The molecule has 2 rings (SSSR count). The number of hydrogen-bond donors (Lipinski definition) is 3. The number of halogens is 1. The van der Waals surface area contributed by atoms with Crippen LogP contribution in [0.5, 0.6) is 0 Å². The normalized spacial score (nSPS) is 10.2. The molecule has 0 saturated heterocycles. The van der Waals surface area contributed by atoms with Crippen molar-refractivity contribution in [1.82, 2.24) is 10.3 Å². The van der Waals surface area contributed by atoms with Gasteiger partial charge in [-0.15, -0.1) is 0 Å². The van der Waals surface area contributed by atoms with Crippen LogP contribution in [0.2, 0.25) is 0 Å². The fourth-order valence-corrected chi connectivity index (χ4v) is 2.14. The lowest BCUT2D eigenvalue weighted by molar-refractivity contribution is -0.124. The van der Waals surface area contributed by atoms with Crippen LogP contribution in [0.4, 0.5) is 15.8 Å². The van der Waals surface area contributed by atoms with Crippen LogP contribution in [0.15, 0.2) is 42.7 Å². The summed E-state index contributed by atoms with van der Waals surface area (Å²) >= 11 is 0. The molecule has 1 aromatic heterocycles. The molecule has 1 heterocycles. The maximum atomic E-state index is 13.6. The highest BCUT2D eigenvalue weighted by molar-refractivity contribution is 5.93. The molecule has 1 aromatic carbocycles. The van der Waals surface area contributed by atoms with Crippen molar-refractivity contribution in [3.63, 3.8) is 0 Å². The third-order valence-electron chi connectivity index (χ3n) is 3.41. The number of hydrogen-bond acceptors (Lipinski definition) is 4. The summed E-state index contributed by atoms with van der Waals surface area (Å²) < 4.78 is 13.6. The summed E-state index contributed by atoms with van der Waals surface area (Å²) in [4.78, 5) is 27.5. The topological polar surface area (TPSA) is 83.1 Å². The first-order valence-electron chi connectivity index (χ1n) is 8.01. The summed E-state index contributed by atoms with van der Waals surface area (Å²) in [5, 5.41) is 8.31. The lowest BCUT2D eigenvalue weighted by Crippen LogP contribution is -2.29. The number of benzene rings is 1. The molecule has 132 valence electrons. The molecule has 0 bridgehead atoms. The Hall–Kier alpha value is -2.96. The molecule has 2 aromatic rings. The fourth-order valence-electron chi connectivity index (χ4n) is 2.14. The van der Waals surface area contributed by atoms with E-state index in [0.29, 0.717) is 13.1 Å². The summed E-state index contributed by atoms with van der Waals surface area (Å²) in [6.45, 7) is 2.79. The number of rotatable bonds is 8. The summed E-state index contributed by atoms with van der Waals surface area (Å²) in [5.41, 5.74) is 1.85. The number of nitrogens with zero attached hydrogens (tertiary/aromatic N) is 1. The fraction of sp³-hybridized carbons (Fsp3) is 0.278. The smallest absolute Gasteiger partial charge is 0.224 e. The molecule has 0 radical (unpaired) electrons. The predicted octanol–water partition coefficient (Wildman–Crippen LogP) is 2.48. The van der Waals surface area contributed by atoms with Crippen molar-refractivity contribution in [3.8, 4) is 0 Å². The van der Waals surface area contributed by atoms with Crippen LogP contribution in [0.3, 0.4) is 0 Å². The Morgan fingerprint density at radius 1 is 1.12 bits per heavy atom. The highest BCUT2D eigenvalue weighted by Gasteiger charge is 2.09. The Labute approximate surface area is 145 Å². The first kappa shape index (κ1) is 18.4. The average molecular weight is 344 g/mol. The minimum absolute atomic E-state index is 0.00471. The minimum atomic E-state index is -0.495. The second kappa shape index (κ2) is 9.36. The Balaban J connectivity index is 1.64. The van der Waals surface area contributed by atoms with Gasteiger partial charge >= 0.3 is 0 Å². The Kier molecular flexibility index (Phi) is 6.88. The zero-order chi connectivity index (χ0) is 18.1. The summed E-state index contributed by atoms with van der Waals surface area (Å²) in [7, 11) is 0. The number of carbonyl (C=O) groups is 2. The Bertz CT molecular complexity index is 722. The zero-order valence-electron chi connectivity index (χ0n) is 14.0. The van der Waals surface area contributed by atoms with Crippen molar-refractivity contribution >= 4 is 23.2 Å². The van der Waals surface area contributed by atoms with Gasteiger partial charge in [0.25, 0.3) is 0 Å². The first-order chi connectivity index (χ1) is 12.0. The van der Waals surface area contributed by atoms with E-state index >= 15 is 0 Å². The molecule has 3 N–H and O–H groups in total. The van der Waals surface area contributed by atoms with Gasteiger partial charge in [0.05, 0.1) is 11.4 Å². The van der Waals surface area contributed by atoms with Crippen molar-refractivity contribution in [2.45, 2.75) is 19.8 Å². The van der Waals surface area contributed by atoms with Gasteiger partial charge in [0.15, 0.2) is 0 Å². The molecule has 0 saturated carbocycles. The maximum Gasteiger partial charge on any atom is 0.224 e. The number of aryl methyl sites for hydroxylation is 1. The molecular weight excluding hydrogens is 323 g/mol. The third kappa shape index (κ3) is 6.58. The average Bonchev–Trinajstić information content (AvgIpc) is 2.61. The van der Waals surface area contributed by atoms with Crippen molar-refractivity contribution in [2.24, 2.45) is 0 Å². The van der Waals surface area contributed by atoms with Crippen molar-refractivity contribution < 1.29 is 14.0 Å². The van der Waals surface area contributed by atoms with Gasteiger partial charge in [-0.05, 0) is 36.8 Å². The van der Waals surface area contributed by atoms with Crippen LogP contribution in [0.1, 0.15) is 18.4 Å². The van der Waals surface area contributed by atoms with Crippen LogP contribution in [-0.2, 0) is 9.59 Å². The first-order valence-corrected chi connectivity index (χ1v) is 8.01. The standard InChI is InChI=1S/C18H21FN4O2/c1-13-4-5-15(19)16(11-13)23-18(25)7-6-17(24)22-10-9-21-14-3-2-8-20-12-14/h2-5,8,11-12,21H,6-7,9-10H2,1H3,(H,22,24)(H,23,25). The number of amides is 2. The Morgan fingerprint density at radius 2 is 1.92 bits per heavy atom. The second-order valence-electron chi connectivity index (χ2n) is 5.55. The highest BCUT2D eigenvalue weighted by atomic mass is 19.1. The van der Waals surface area contributed by atoms with Gasteiger partial charge in [0, 0.05) is 38.3 Å². The number of nitrogens with one attached hydrogen (secondary N) is 3. The predicted molar refractivity (Wildman–Crippen MR) is 94.7 cm³/mol. The van der Waals surface area contributed by atoms with Gasteiger partial charge in [-0.25, -0.2) is 4.39 Å². The zero-order valence-corrected chi connectivity index (χ0v) is 14.0. The molecular formula is C18H21FN4O2. The van der Waals surface area contributed by atoms with Crippen LogP contribution < -0.4 is 16.0 Å². The number of pyridine rings is 1. The Morgan fingerprint density at radius 3 is 2.68 bits per heavy atom. The van der Waals surface area contributed by atoms with E-state index in [0.717, 1.165) is 11.3 Å². The van der Waals surface area contributed by atoms with Crippen LogP contribution in [0.25, 0.3) is 0 Å². The van der Waals surface area contributed by atoms with Gasteiger partial charge in [-0.2, -0.15) is 0 Å². The van der Waals surface area contributed by atoms with E-state index in [1.165, 1.54) is 6.07 Å². The van der Waals surface area contributed by atoms with E-state index in [4.69, 9.17) is 0 Å². The van der Waals surface area contributed by atoms with Crippen LogP contribution in [0, 0.1) is 12.7 Å². The van der Waals surface area contributed by atoms with Gasteiger partial charge < -0.3 is 16.0 Å². The molecule has 0 aliphatic carbocycles. The lowest BCUT2D eigenvalue weighted by Gasteiger charge is -2.09. The molecule has 6 nitrogen and oxygen atoms in total. The van der Waals surface area contributed by atoms with Gasteiger partial charge in [0.2, 0.25) is 11.8 Å². The number of anilines is 2. The SMILES string of the molecule is Cc1ccc(F)c(NC(=O)CCC(=O)NCCNc2cccnc2)c1. The molecule has 0 unspecified atom stereocenters. The molecule has 0 aliphatic heterocycles. The molecule has 0 atom stereocenters. The minimum Gasteiger partial charge on any atom is -0.382 e. The van der Waals surface area contributed by atoms with Gasteiger partial charge in [0.1, 0.15) is 5.82 Å². The summed E-state index contributed by atoms with van der Waals surface area (Å²) in [6.07, 6.45) is 3.42. The monoisotopic (exact) mass is 344 g/mol. The van der Waals surface area contributed by atoms with Gasteiger partial charge in [-0.1, -0.05) is 6.07 Å². The number of aromatic nitrogens is 1. The molecule has 2 amide bonds. The molecule has 0 fully saturated rings. The van der Waals surface area contributed by atoms with E-state index in [1.807, 2.05) is 19.1 Å². The van der Waals surface area contributed by atoms with Crippen molar-refractivity contribution in [2.75, 3.05) is 23.7 Å². The maximum absolute atomic E-state index is 13.6. The van der Waals surface area contributed by atoms with Crippen molar-refractivity contribution in [1.29, 1.82) is 0 Å². The quantitative estimate of drug-likeness (QED) is 0.643. The summed E-state index contributed by atoms with van der Waals surface area (Å²) in [5.74, 6) is -1.12. The van der Waals surface area contributed by atoms with E-state index < -0.39 is 11.7 Å². The molecule has 0 spiro atoms. The summed E-state index contributed by atoms with van der Waals surface area (Å²) in [6, 6.07) is 8.17. The lowest BCUT2D eigenvalue weighted by atomic mass is 10.2. The van der Waals surface area contributed by atoms with Crippen molar-refractivity contribution in [3.05, 3.63) is 54.1 Å². The largest absolute Gasteiger partial charge is 0.382 e. The van der Waals surface area contributed by atoms with Crippen LogP contribution in [-0.4, -0.2) is 29.9 Å². The van der Waals surface area contributed by atoms with E-state index in [2.05, 4.69) is 20.9 Å². The van der Waals surface area contributed by atoms with Gasteiger partial charge in [-0.3, -0.25) is 14.6 Å². The van der Waals surface area contributed by atoms with E-state index in [1.54, 1.807) is 24.5 Å². The molecule has 7 heteroatoms. The number of carbonyl (C=O) groups excluding carboxylic acids is 2.